The molecule has 3 amide bonds. The molecule has 0 spiro atoms. The minimum atomic E-state index is -1.23. The fourth-order valence-electron chi connectivity index (χ4n) is 8.51. The fraction of sp³-hybridized carbons (Fsp3) is 0.343. The van der Waals surface area contributed by atoms with Crippen LogP contribution in [0.2, 0.25) is 0 Å². The molecule has 2 aliphatic carbocycles. The Morgan fingerprint density at radius 1 is 1.00 bits per heavy atom. The van der Waals surface area contributed by atoms with Crippen molar-refractivity contribution in [3.05, 3.63) is 80.8 Å². The van der Waals surface area contributed by atoms with E-state index in [1.54, 1.807) is 17.8 Å². The van der Waals surface area contributed by atoms with Gasteiger partial charge in [-0.05, 0) is 71.7 Å². The molecule has 11 nitrogen and oxygen atoms in total. The van der Waals surface area contributed by atoms with Crippen molar-refractivity contribution in [2.24, 2.45) is 29.6 Å². The predicted octanol–water partition coefficient (Wildman–Crippen LogP) is 4.56. The molecule has 1 saturated heterocycles. The normalized spacial score (nSPS) is 27.4. The summed E-state index contributed by atoms with van der Waals surface area (Å²) in [6, 6.07) is 17.8. The third-order valence-corrected chi connectivity index (χ3v) is 13.0. The maximum atomic E-state index is 13.7. The Hall–Kier alpha value is -4.62. The van der Waals surface area contributed by atoms with E-state index in [1.165, 1.54) is 14.0 Å². The van der Waals surface area contributed by atoms with Gasteiger partial charge in [0.1, 0.15) is 6.04 Å². The zero-order valence-electron chi connectivity index (χ0n) is 25.9. The van der Waals surface area contributed by atoms with Crippen LogP contribution in [0.25, 0.3) is 10.8 Å². The number of methoxy groups -OCH3 is 1. The number of carbonyl (C=O) groups is 4. The molecule has 3 heterocycles. The average molecular weight is 686 g/mol. The highest BCUT2D eigenvalue weighted by Crippen LogP contribution is 2.68. The molecule has 2 bridgehead atoms. The first-order valence-electron chi connectivity index (χ1n) is 15.7. The van der Waals surface area contributed by atoms with E-state index in [4.69, 9.17) is 9.47 Å². The third kappa shape index (κ3) is 4.73. The molecule has 3 aromatic carbocycles. The largest absolute Gasteiger partial charge is 0.493 e. The summed E-state index contributed by atoms with van der Waals surface area (Å²) in [4.78, 5) is 69.0. The standard InChI is InChI=1S/C35H31N3O8S2/c1-15(34(42)43)38-32(40)27-20-13-21(28(27)33(38)41)29-26(20)25(30-31(47-29)37-35(44)48-30)18-8-10-22(23(12-18)45-2)46-14-24(39)36-19-9-7-16-5-3-4-6-17(16)11-19/h3-12,15,20-21,25-29H,13-14H2,1-2H3,(H,36,39)(H,37,44)(H,42,43)/t15?,20?,21?,25-,26?,27?,28?,29?/m1/s1. The molecule has 4 aliphatic rings. The highest BCUT2D eigenvalue weighted by molar-refractivity contribution is 8.00. The molecule has 2 saturated carbocycles. The van der Waals surface area contributed by atoms with Crippen LogP contribution in [0, 0.1) is 29.6 Å². The van der Waals surface area contributed by atoms with Gasteiger partial charge in [-0.15, -0.1) is 11.8 Å². The molecule has 3 N–H and O–H groups in total. The number of carbonyl (C=O) groups excluding carboxylic acids is 3. The fourth-order valence-corrected chi connectivity index (χ4v) is 11.4. The number of hydrogen-bond acceptors (Lipinski definition) is 9. The number of amides is 3. The van der Waals surface area contributed by atoms with Gasteiger partial charge < -0.3 is 24.9 Å². The Balaban J connectivity index is 1.06. The van der Waals surface area contributed by atoms with Gasteiger partial charge in [-0.25, -0.2) is 4.79 Å². The van der Waals surface area contributed by atoms with Crippen LogP contribution in [0.4, 0.5) is 5.69 Å². The number of aromatic nitrogens is 1. The van der Waals surface area contributed by atoms with Crippen molar-refractivity contribution in [3.8, 4) is 11.5 Å². The molecule has 4 aromatic rings. The van der Waals surface area contributed by atoms with Crippen molar-refractivity contribution < 1.29 is 33.8 Å². The average Bonchev–Trinajstić information content (AvgIpc) is 3.82. The van der Waals surface area contributed by atoms with Crippen LogP contribution < -0.4 is 19.7 Å². The Labute approximate surface area is 282 Å². The summed E-state index contributed by atoms with van der Waals surface area (Å²) in [7, 11) is 1.52. The van der Waals surface area contributed by atoms with Gasteiger partial charge >= 0.3 is 10.8 Å². The van der Waals surface area contributed by atoms with Gasteiger partial charge in [0, 0.05) is 21.7 Å². The van der Waals surface area contributed by atoms with Crippen LogP contribution in [0.5, 0.6) is 11.5 Å². The number of thiazole rings is 1. The summed E-state index contributed by atoms with van der Waals surface area (Å²) in [5.41, 5.74) is 1.52. The number of carboxylic acid groups (broad SMARTS) is 1. The topological polar surface area (TPSA) is 155 Å². The lowest BCUT2D eigenvalue weighted by molar-refractivity contribution is -0.154. The Morgan fingerprint density at radius 3 is 2.50 bits per heavy atom. The Morgan fingerprint density at radius 2 is 1.75 bits per heavy atom. The molecule has 246 valence electrons. The number of H-pyrrole nitrogens is 1. The lowest BCUT2D eigenvalue weighted by Crippen LogP contribution is -2.44. The second kappa shape index (κ2) is 11.5. The molecular formula is C35H31N3O8S2. The smallest absolute Gasteiger partial charge is 0.326 e. The molecule has 2 aliphatic heterocycles. The third-order valence-electron chi connectivity index (χ3n) is 10.4. The molecule has 3 fully saturated rings. The number of carboxylic acids is 1. The quantitative estimate of drug-likeness (QED) is 0.227. The van der Waals surface area contributed by atoms with E-state index in [1.807, 2.05) is 54.6 Å². The van der Waals surface area contributed by atoms with Crippen molar-refractivity contribution in [2.45, 2.75) is 35.6 Å². The molecule has 48 heavy (non-hydrogen) atoms. The van der Waals surface area contributed by atoms with Gasteiger partial charge in [0.2, 0.25) is 11.8 Å². The number of anilines is 1. The summed E-state index contributed by atoms with van der Waals surface area (Å²) in [5, 5.41) is 15.3. The SMILES string of the molecule is COc1cc([C@H]2c3sc(=O)[nH]c3SC3C4CC(C5C(=O)N(C(C)C(=O)O)C(=O)C45)C32)ccc1OCC(=O)Nc1ccc2ccccc2c1. The van der Waals surface area contributed by atoms with Crippen LogP contribution in [-0.2, 0) is 19.2 Å². The van der Waals surface area contributed by atoms with Crippen LogP contribution in [-0.4, -0.2) is 63.7 Å². The number of rotatable bonds is 8. The summed E-state index contributed by atoms with van der Waals surface area (Å²) >= 11 is 2.70. The van der Waals surface area contributed by atoms with Crippen LogP contribution in [0.15, 0.2) is 70.5 Å². The van der Waals surface area contributed by atoms with E-state index >= 15 is 0 Å². The second-order valence-electron chi connectivity index (χ2n) is 12.8. The minimum Gasteiger partial charge on any atom is -0.493 e. The van der Waals surface area contributed by atoms with E-state index in [2.05, 4.69) is 10.3 Å². The zero-order chi connectivity index (χ0) is 33.4. The Bertz CT molecular complexity index is 2080. The molecule has 8 atom stereocenters. The number of nitrogens with one attached hydrogen (secondary N) is 2. The molecule has 1 aromatic heterocycles. The van der Waals surface area contributed by atoms with Gasteiger partial charge in [0.25, 0.3) is 5.91 Å². The summed E-state index contributed by atoms with van der Waals surface area (Å²) in [6.45, 7) is 1.13. The van der Waals surface area contributed by atoms with E-state index in [0.29, 0.717) is 23.6 Å². The number of benzene rings is 3. The van der Waals surface area contributed by atoms with Gasteiger partial charge in [0.15, 0.2) is 18.1 Å². The zero-order valence-corrected chi connectivity index (χ0v) is 27.5. The summed E-state index contributed by atoms with van der Waals surface area (Å²) in [6.07, 6.45) is 0.685. The Kier molecular flexibility index (Phi) is 7.37. The summed E-state index contributed by atoms with van der Waals surface area (Å²) in [5.74, 6) is -3.32. The highest BCUT2D eigenvalue weighted by atomic mass is 32.2. The number of thioether (sulfide) groups is 1. The maximum absolute atomic E-state index is 13.7. The van der Waals surface area contributed by atoms with Crippen molar-refractivity contribution >= 4 is 63.2 Å². The van der Waals surface area contributed by atoms with E-state index in [9.17, 15) is 29.1 Å². The monoisotopic (exact) mass is 685 g/mol. The van der Waals surface area contributed by atoms with E-state index in [-0.39, 0.29) is 46.3 Å². The van der Waals surface area contributed by atoms with Crippen molar-refractivity contribution in [1.29, 1.82) is 0 Å². The first-order chi connectivity index (χ1) is 23.1. The number of hydrogen-bond donors (Lipinski definition) is 3. The number of likely N-dealkylation sites (tertiary alicyclic amines) is 1. The number of ether oxygens (including phenoxy) is 2. The van der Waals surface area contributed by atoms with Gasteiger partial charge in [-0.3, -0.25) is 24.1 Å². The molecule has 7 unspecified atom stereocenters. The van der Waals surface area contributed by atoms with Crippen LogP contribution in [0.3, 0.4) is 0 Å². The van der Waals surface area contributed by atoms with E-state index < -0.39 is 35.7 Å². The number of nitrogens with zero attached hydrogens (tertiary/aromatic N) is 1. The summed E-state index contributed by atoms with van der Waals surface area (Å²) < 4.78 is 11.6. The molecule has 13 heteroatoms. The molecular weight excluding hydrogens is 655 g/mol. The van der Waals surface area contributed by atoms with E-state index in [0.717, 1.165) is 42.5 Å². The first-order valence-corrected chi connectivity index (χ1v) is 17.4. The predicted molar refractivity (Wildman–Crippen MR) is 179 cm³/mol. The lowest BCUT2D eigenvalue weighted by atomic mass is 9.68. The number of aliphatic carboxylic acids is 1. The lowest BCUT2D eigenvalue weighted by Gasteiger charge is -2.43. The molecule has 0 radical (unpaired) electrons. The van der Waals surface area contributed by atoms with Crippen molar-refractivity contribution in [3.63, 3.8) is 0 Å². The van der Waals surface area contributed by atoms with Crippen LogP contribution >= 0.6 is 23.1 Å². The molecule has 8 rings (SSSR count). The van der Waals surface area contributed by atoms with Crippen molar-refractivity contribution in [2.75, 3.05) is 19.0 Å². The minimum absolute atomic E-state index is 0.0449. The highest BCUT2D eigenvalue weighted by Gasteiger charge is 2.70. The number of fused-ring (bicyclic) bond motifs is 10. The maximum Gasteiger partial charge on any atom is 0.326 e. The van der Waals surface area contributed by atoms with Crippen molar-refractivity contribution in [1.82, 2.24) is 9.88 Å². The van der Waals surface area contributed by atoms with Gasteiger partial charge in [0.05, 0.1) is 24.0 Å². The second-order valence-corrected chi connectivity index (χ2v) is 15.0. The number of aromatic amines is 1. The van der Waals surface area contributed by atoms with Crippen LogP contribution in [0.1, 0.15) is 29.7 Å². The van der Waals surface area contributed by atoms with Gasteiger partial charge in [-0.1, -0.05) is 47.7 Å². The van der Waals surface area contributed by atoms with Gasteiger partial charge in [-0.2, -0.15) is 0 Å². The number of imide groups is 1. The first kappa shape index (κ1) is 30.7.